The highest BCUT2D eigenvalue weighted by Gasteiger charge is 2.42. The van der Waals surface area contributed by atoms with E-state index in [0.717, 1.165) is 31.4 Å². The molecule has 3 aromatic rings. The molecule has 0 radical (unpaired) electrons. The molecule has 1 aliphatic heterocycles. The van der Waals surface area contributed by atoms with E-state index in [0.29, 0.717) is 35.5 Å². The molecule has 3 N–H and O–H groups in total. The molecule has 0 aliphatic carbocycles. The Morgan fingerprint density at radius 3 is 2.20 bits per heavy atom. The van der Waals surface area contributed by atoms with Gasteiger partial charge in [-0.3, -0.25) is 4.79 Å². The lowest BCUT2D eigenvalue weighted by Gasteiger charge is -2.37. The number of ether oxygens (including phenoxy) is 1. The zero-order valence-electron chi connectivity index (χ0n) is 25.4. The number of anilines is 2. The maximum absolute atomic E-state index is 14.1. The minimum absolute atomic E-state index is 0.0668. The lowest BCUT2D eigenvalue weighted by Crippen LogP contribution is -2.53. The van der Waals surface area contributed by atoms with Crippen LogP contribution in [0.4, 0.5) is 11.4 Å². The van der Waals surface area contributed by atoms with Crippen LogP contribution >= 0.6 is 11.8 Å². The van der Waals surface area contributed by atoms with Crippen LogP contribution in [0.25, 0.3) is 0 Å². The van der Waals surface area contributed by atoms with Crippen LogP contribution in [0, 0.1) is 0 Å². The molecule has 9 nitrogen and oxygen atoms in total. The van der Waals surface area contributed by atoms with Crippen molar-refractivity contribution in [1.82, 2.24) is 10.0 Å². The molecule has 1 amide bonds. The van der Waals surface area contributed by atoms with E-state index in [2.05, 4.69) is 28.8 Å². The molecule has 0 saturated carbocycles. The van der Waals surface area contributed by atoms with Crippen LogP contribution in [0.15, 0.2) is 82.6 Å². The van der Waals surface area contributed by atoms with Gasteiger partial charge in [0.25, 0.3) is 5.91 Å². The molecule has 236 valence electrons. The highest BCUT2D eigenvalue weighted by molar-refractivity contribution is 7.98. The number of carbonyl (C=O) groups is 2. The van der Waals surface area contributed by atoms with E-state index < -0.39 is 40.1 Å². The van der Waals surface area contributed by atoms with Gasteiger partial charge >= 0.3 is 5.97 Å². The van der Waals surface area contributed by atoms with Crippen LogP contribution in [0.3, 0.4) is 0 Å². The Hall–Kier alpha value is -3.54. The average molecular weight is 640 g/mol. The van der Waals surface area contributed by atoms with Crippen molar-refractivity contribution in [2.75, 3.05) is 24.3 Å². The van der Waals surface area contributed by atoms with Crippen LogP contribution in [0.1, 0.15) is 64.0 Å². The van der Waals surface area contributed by atoms with Gasteiger partial charge in [0.1, 0.15) is 10.6 Å². The van der Waals surface area contributed by atoms with Gasteiger partial charge in [-0.2, -0.15) is 0 Å². The van der Waals surface area contributed by atoms with E-state index >= 15 is 0 Å². The third-order valence-corrected chi connectivity index (χ3v) is 10.1. The minimum atomic E-state index is -4.00. The maximum atomic E-state index is 14.1. The van der Waals surface area contributed by atoms with E-state index in [1.54, 1.807) is 36.4 Å². The fourth-order valence-electron chi connectivity index (χ4n) is 5.52. The zero-order chi connectivity index (χ0) is 31.7. The first-order valence-electron chi connectivity index (χ1n) is 14.9. The number of unbranched alkanes of at least 4 members (excludes halogenated alkanes) is 2. The molecular weight excluding hydrogens is 599 g/mol. The number of hydrogen-bond acceptors (Lipinski definition) is 7. The van der Waals surface area contributed by atoms with Crippen molar-refractivity contribution in [3.05, 3.63) is 78.4 Å². The van der Waals surface area contributed by atoms with Gasteiger partial charge in [0.05, 0.1) is 16.1 Å². The number of amides is 1. The van der Waals surface area contributed by atoms with Crippen LogP contribution in [0.2, 0.25) is 0 Å². The Morgan fingerprint density at radius 1 is 1.02 bits per heavy atom. The quantitative estimate of drug-likeness (QED) is 0.176. The van der Waals surface area contributed by atoms with Gasteiger partial charge in [-0.25, -0.2) is 17.9 Å². The molecule has 3 aromatic carbocycles. The monoisotopic (exact) mass is 639 g/mol. The number of carboxylic acid groups (broad SMARTS) is 1. The molecule has 1 unspecified atom stereocenters. The number of fused-ring (bicyclic) bond motifs is 1. The molecule has 0 fully saturated rings. The van der Waals surface area contributed by atoms with Crippen molar-refractivity contribution < 1.29 is 27.9 Å². The van der Waals surface area contributed by atoms with Gasteiger partial charge in [0.15, 0.2) is 12.6 Å². The van der Waals surface area contributed by atoms with Crippen molar-refractivity contribution in [3.8, 4) is 5.75 Å². The maximum Gasteiger partial charge on any atom is 0.330 e. The average Bonchev–Trinajstić information content (AvgIpc) is 3.12. The fourth-order valence-corrected chi connectivity index (χ4v) is 7.73. The number of carbonyl (C=O) groups excluding carboxylic acids is 1. The topological polar surface area (TPSA) is 125 Å². The Kier molecular flexibility index (Phi) is 11.3. The Bertz CT molecular complexity index is 1530. The van der Waals surface area contributed by atoms with E-state index in [-0.39, 0.29) is 10.6 Å². The molecule has 1 aliphatic rings. The molecule has 4 rings (SSSR count). The second-order valence-corrected chi connectivity index (χ2v) is 13.5. The largest absolute Gasteiger partial charge is 0.483 e. The SMILES string of the molecule is CCCCC1(CCCC)CN(c2ccccc2)c2cc(SC)c(OCC(=O)NC(C(=O)O)c3ccccc3)cc2S(=O)(=O)N1. The molecule has 1 atom stereocenters. The van der Waals surface area contributed by atoms with Crippen LogP contribution < -0.4 is 19.7 Å². The summed E-state index contributed by atoms with van der Waals surface area (Å²) in [7, 11) is -4.00. The number of thioether (sulfide) groups is 1. The van der Waals surface area contributed by atoms with Crippen LogP contribution in [0.5, 0.6) is 5.75 Å². The first-order chi connectivity index (χ1) is 21.1. The number of sulfonamides is 1. The number of nitrogens with zero attached hydrogens (tertiary/aromatic N) is 1. The van der Waals surface area contributed by atoms with E-state index in [9.17, 15) is 23.1 Å². The second-order valence-electron chi connectivity index (χ2n) is 11.0. The first kappa shape index (κ1) is 33.4. The number of hydrogen-bond donors (Lipinski definition) is 3. The summed E-state index contributed by atoms with van der Waals surface area (Å²) in [5.41, 5.74) is 1.17. The summed E-state index contributed by atoms with van der Waals surface area (Å²) >= 11 is 1.37. The Labute approximate surface area is 264 Å². The number of aliphatic carboxylic acids is 1. The summed E-state index contributed by atoms with van der Waals surface area (Å²) in [6.45, 7) is 4.18. The molecule has 1 heterocycles. The molecule has 0 bridgehead atoms. The summed E-state index contributed by atoms with van der Waals surface area (Å²) < 4.78 is 37.3. The summed E-state index contributed by atoms with van der Waals surface area (Å²) in [5, 5.41) is 12.2. The van der Waals surface area contributed by atoms with E-state index in [1.807, 2.05) is 36.6 Å². The number of benzene rings is 3. The molecule has 0 aromatic heterocycles. The molecule has 44 heavy (non-hydrogen) atoms. The highest BCUT2D eigenvalue weighted by atomic mass is 32.2. The van der Waals surface area contributed by atoms with Crippen molar-refractivity contribution >= 4 is 45.0 Å². The van der Waals surface area contributed by atoms with Gasteiger partial charge in [-0.15, -0.1) is 11.8 Å². The summed E-state index contributed by atoms with van der Waals surface area (Å²) in [4.78, 5) is 27.5. The summed E-state index contributed by atoms with van der Waals surface area (Å²) in [5.74, 6) is -1.62. The lowest BCUT2D eigenvalue weighted by molar-refractivity contribution is -0.142. The summed E-state index contributed by atoms with van der Waals surface area (Å²) in [6.07, 6.45) is 6.90. The molecule has 0 spiro atoms. The highest BCUT2D eigenvalue weighted by Crippen LogP contribution is 2.44. The lowest BCUT2D eigenvalue weighted by atomic mass is 9.87. The Balaban J connectivity index is 1.71. The van der Waals surface area contributed by atoms with E-state index in [1.165, 1.54) is 17.8 Å². The van der Waals surface area contributed by atoms with Crippen LogP contribution in [-0.4, -0.2) is 50.3 Å². The smallest absolute Gasteiger partial charge is 0.330 e. The van der Waals surface area contributed by atoms with Gasteiger partial charge in [-0.05, 0) is 42.9 Å². The number of para-hydroxylation sites is 1. The fraction of sp³-hybridized carbons (Fsp3) is 0.394. The van der Waals surface area contributed by atoms with Crippen molar-refractivity contribution in [3.63, 3.8) is 0 Å². The van der Waals surface area contributed by atoms with Gasteiger partial charge in [-0.1, -0.05) is 88.1 Å². The predicted molar refractivity (Wildman–Crippen MR) is 174 cm³/mol. The summed E-state index contributed by atoms with van der Waals surface area (Å²) in [6, 6.07) is 20.2. The van der Waals surface area contributed by atoms with Gasteiger partial charge in [0, 0.05) is 18.3 Å². The third kappa shape index (κ3) is 7.94. The second kappa shape index (κ2) is 15.0. The predicted octanol–water partition coefficient (Wildman–Crippen LogP) is 6.28. The minimum Gasteiger partial charge on any atom is -0.483 e. The molecular formula is C33H41N3O6S2. The van der Waals surface area contributed by atoms with Crippen molar-refractivity contribution in [1.29, 1.82) is 0 Å². The number of nitrogens with one attached hydrogen (secondary N) is 2. The first-order valence-corrected chi connectivity index (χ1v) is 17.6. The van der Waals surface area contributed by atoms with Crippen molar-refractivity contribution in [2.45, 2.75) is 73.7 Å². The van der Waals surface area contributed by atoms with Crippen LogP contribution in [-0.2, 0) is 19.6 Å². The molecule has 11 heteroatoms. The van der Waals surface area contributed by atoms with E-state index in [4.69, 9.17) is 4.74 Å². The van der Waals surface area contributed by atoms with Gasteiger partial charge in [0.2, 0.25) is 10.0 Å². The number of carboxylic acids is 1. The normalized spacial score (nSPS) is 15.9. The zero-order valence-corrected chi connectivity index (χ0v) is 27.0. The van der Waals surface area contributed by atoms with Gasteiger partial charge < -0.3 is 20.1 Å². The standard InChI is InChI=1S/C33H41N3O6S2/c1-4-6-18-33(19-7-5-2)23-36(25-16-12-9-13-17-25)26-20-28(43-3)27(21-29(26)44(40,41)35-33)42-22-30(37)34-31(32(38)39)24-14-10-8-11-15-24/h8-17,20-21,31,35H,4-7,18-19,22-23H2,1-3H3,(H,34,37)(H,38,39). The number of rotatable bonds is 14. The third-order valence-electron chi connectivity index (χ3n) is 7.77. The van der Waals surface area contributed by atoms with Crippen molar-refractivity contribution in [2.24, 2.45) is 0 Å². The Morgan fingerprint density at radius 2 is 1.64 bits per heavy atom. The molecule has 0 saturated heterocycles.